The van der Waals surface area contributed by atoms with E-state index in [1.807, 2.05) is 12.1 Å². The standard InChI is InChI=1S/C26H26N4O6S/c1-29-23-13-8-19(24(31)27-15-17-6-11-21(36-2)12-7-17)14-22(23)25(32)30(26(29)33)16-18-4-9-20(10-5-18)28-37(3,34)35/h4-14,28H,15-16H2,1-3H3,(H,27,31). The molecule has 1 heterocycles. The predicted molar refractivity (Wildman–Crippen MR) is 142 cm³/mol. The van der Waals surface area contributed by atoms with Crippen molar-refractivity contribution in [2.24, 2.45) is 7.05 Å². The highest BCUT2D eigenvalue weighted by Gasteiger charge is 2.15. The number of aromatic nitrogens is 2. The van der Waals surface area contributed by atoms with Gasteiger partial charge < -0.3 is 10.1 Å². The van der Waals surface area contributed by atoms with Crippen molar-refractivity contribution in [1.29, 1.82) is 0 Å². The molecule has 3 aromatic carbocycles. The molecule has 0 aliphatic carbocycles. The molecule has 192 valence electrons. The van der Waals surface area contributed by atoms with Gasteiger partial charge in [0.15, 0.2) is 0 Å². The van der Waals surface area contributed by atoms with E-state index in [1.165, 1.54) is 10.6 Å². The van der Waals surface area contributed by atoms with Crippen molar-refractivity contribution in [3.8, 4) is 5.75 Å². The van der Waals surface area contributed by atoms with Crippen LogP contribution in [0.5, 0.6) is 5.75 Å². The van der Waals surface area contributed by atoms with Gasteiger partial charge in [-0.15, -0.1) is 0 Å². The van der Waals surface area contributed by atoms with E-state index in [1.54, 1.807) is 62.7 Å². The molecule has 37 heavy (non-hydrogen) atoms. The molecular formula is C26H26N4O6S. The van der Waals surface area contributed by atoms with Crippen molar-refractivity contribution in [3.05, 3.63) is 104 Å². The first kappa shape index (κ1) is 25.7. The Morgan fingerprint density at radius 3 is 2.22 bits per heavy atom. The molecule has 0 saturated carbocycles. The number of methoxy groups -OCH3 is 1. The maximum absolute atomic E-state index is 13.3. The van der Waals surface area contributed by atoms with E-state index < -0.39 is 21.3 Å². The van der Waals surface area contributed by atoms with Crippen LogP contribution >= 0.6 is 0 Å². The summed E-state index contributed by atoms with van der Waals surface area (Å²) in [6.45, 7) is 0.275. The maximum Gasteiger partial charge on any atom is 0.331 e. The van der Waals surface area contributed by atoms with Crippen LogP contribution in [0.1, 0.15) is 21.5 Å². The van der Waals surface area contributed by atoms with Gasteiger partial charge in [0.2, 0.25) is 10.0 Å². The number of carbonyl (C=O) groups excluding carboxylic acids is 1. The number of amides is 1. The molecular weight excluding hydrogens is 496 g/mol. The molecule has 0 atom stereocenters. The molecule has 0 aliphatic heterocycles. The lowest BCUT2D eigenvalue weighted by atomic mass is 10.1. The van der Waals surface area contributed by atoms with Crippen LogP contribution in [0, 0.1) is 0 Å². The molecule has 1 aromatic heterocycles. The highest BCUT2D eigenvalue weighted by atomic mass is 32.2. The summed E-state index contributed by atoms with van der Waals surface area (Å²) in [5, 5.41) is 3.06. The molecule has 0 unspecified atom stereocenters. The van der Waals surface area contributed by atoms with Gasteiger partial charge in [-0.3, -0.25) is 23.4 Å². The third-order valence-corrected chi connectivity index (χ3v) is 6.43. The van der Waals surface area contributed by atoms with E-state index in [4.69, 9.17) is 4.74 Å². The highest BCUT2D eigenvalue weighted by Crippen LogP contribution is 2.15. The van der Waals surface area contributed by atoms with Gasteiger partial charge in [-0.25, -0.2) is 13.2 Å². The van der Waals surface area contributed by atoms with Crippen molar-refractivity contribution >= 4 is 32.5 Å². The Morgan fingerprint density at radius 1 is 0.946 bits per heavy atom. The SMILES string of the molecule is COc1ccc(CNC(=O)c2ccc3c(c2)c(=O)n(Cc2ccc(NS(C)(=O)=O)cc2)c(=O)n3C)cc1. The lowest BCUT2D eigenvalue weighted by Crippen LogP contribution is -2.39. The molecule has 0 bridgehead atoms. The van der Waals surface area contributed by atoms with Crippen LogP contribution in [0.2, 0.25) is 0 Å². The van der Waals surface area contributed by atoms with Gasteiger partial charge in [-0.05, 0) is 53.6 Å². The van der Waals surface area contributed by atoms with Crippen LogP contribution in [0.25, 0.3) is 10.9 Å². The normalized spacial score (nSPS) is 11.3. The summed E-state index contributed by atoms with van der Waals surface area (Å²) in [4.78, 5) is 39.0. The molecule has 4 aromatic rings. The van der Waals surface area contributed by atoms with Gasteiger partial charge in [0, 0.05) is 24.8 Å². The number of hydrogen-bond acceptors (Lipinski definition) is 6. The first-order valence-electron chi connectivity index (χ1n) is 11.3. The molecule has 11 heteroatoms. The van der Waals surface area contributed by atoms with Gasteiger partial charge >= 0.3 is 5.69 Å². The predicted octanol–water partition coefficient (Wildman–Crippen LogP) is 2.06. The summed E-state index contributed by atoms with van der Waals surface area (Å²) in [6, 6.07) is 18.3. The van der Waals surface area contributed by atoms with Crippen molar-refractivity contribution in [1.82, 2.24) is 14.5 Å². The van der Waals surface area contributed by atoms with Crippen molar-refractivity contribution in [2.45, 2.75) is 13.1 Å². The van der Waals surface area contributed by atoms with Crippen LogP contribution in [0.4, 0.5) is 5.69 Å². The average molecular weight is 523 g/mol. The number of sulfonamides is 1. The quantitative estimate of drug-likeness (QED) is 0.365. The molecule has 0 saturated heterocycles. The minimum Gasteiger partial charge on any atom is -0.497 e. The highest BCUT2D eigenvalue weighted by molar-refractivity contribution is 7.92. The number of nitrogens with zero attached hydrogens (tertiary/aromatic N) is 2. The monoisotopic (exact) mass is 522 g/mol. The van der Waals surface area contributed by atoms with E-state index in [-0.39, 0.29) is 17.8 Å². The molecule has 4 rings (SSSR count). The molecule has 0 radical (unpaired) electrons. The zero-order valence-electron chi connectivity index (χ0n) is 20.5. The Balaban J connectivity index is 1.60. The van der Waals surface area contributed by atoms with Gasteiger partial charge in [0.05, 0.1) is 30.8 Å². The van der Waals surface area contributed by atoms with Gasteiger partial charge in [-0.1, -0.05) is 24.3 Å². The second-order valence-electron chi connectivity index (χ2n) is 8.57. The summed E-state index contributed by atoms with van der Waals surface area (Å²) in [5.41, 5.74) is 1.55. The third kappa shape index (κ3) is 5.89. The number of nitrogens with one attached hydrogen (secondary N) is 2. The van der Waals surface area contributed by atoms with Crippen LogP contribution in [-0.4, -0.2) is 36.8 Å². The zero-order valence-corrected chi connectivity index (χ0v) is 21.3. The first-order chi connectivity index (χ1) is 17.6. The molecule has 1 amide bonds. The maximum atomic E-state index is 13.3. The summed E-state index contributed by atoms with van der Waals surface area (Å²) in [7, 11) is -0.285. The molecule has 0 fully saturated rings. The minimum atomic E-state index is -3.42. The summed E-state index contributed by atoms with van der Waals surface area (Å²) in [6.07, 6.45) is 1.05. The average Bonchev–Trinajstić information content (AvgIpc) is 2.88. The number of aryl methyl sites for hydroxylation is 1. The molecule has 0 aliphatic rings. The largest absolute Gasteiger partial charge is 0.497 e. The van der Waals surface area contributed by atoms with Crippen molar-refractivity contribution in [2.75, 3.05) is 18.1 Å². The van der Waals surface area contributed by atoms with Crippen molar-refractivity contribution in [3.63, 3.8) is 0 Å². The summed E-state index contributed by atoms with van der Waals surface area (Å²) in [5.74, 6) is 0.361. The van der Waals surface area contributed by atoms with Crippen LogP contribution in [0.3, 0.4) is 0 Å². The fourth-order valence-electron chi connectivity index (χ4n) is 3.90. The lowest BCUT2D eigenvalue weighted by Gasteiger charge is -2.13. The molecule has 10 nitrogen and oxygen atoms in total. The number of rotatable bonds is 8. The van der Waals surface area contributed by atoms with Crippen LogP contribution in [0.15, 0.2) is 76.3 Å². The second kappa shape index (κ2) is 10.3. The fourth-order valence-corrected chi connectivity index (χ4v) is 4.46. The number of hydrogen-bond donors (Lipinski definition) is 2. The Morgan fingerprint density at radius 2 is 1.59 bits per heavy atom. The van der Waals surface area contributed by atoms with Gasteiger partial charge in [0.1, 0.15) is 5.75 Å². The minimum absolute atomic E-state index is 0.0193. The van der Waals surface area contributed by atoms with E-state index >= 15 is 0 Å². The Bertz CT molecular complexity index is 1690. The van der Waals surface area contributed by atoms with E-state index in [0.29, 0.717) is 34.6 Å². The number of anilines is 1. The van der Waals surface area contributed by atoms with E-state index in [0.717, 1.165) is 16.4 Å². The van der Waals surface area contributed by atoms with E-state index in [2.05, 4.69) is 10.0 Å². The number of carbonyl (C=O) groups is 1. The summed E-state index contributed by atoms with van der Waals surface area (Å²) < 4.78 is 32.8. The number of ether oxygens (including phenoxy) is 1. The molecule has 0 spiro atoms. The first-order valence-corrected chi connectivity index (χ1v) is 13.2. The Hall–Kier alpha value is -4.38. The number of fused-ring (bicyclic) bond motifs is 1. The summed E-state index contributed by atoms with van der Waals surface area (Å²) >= 11 is 0. The van der Waals surface area contributed by atoms with Crippen LogP contribution < -0.4 is 26.0 Å². The van der Waals surface area contributed by atoms with E-state index in [9.17, 15) is 22.8 Å². The zero-order chi connectivity index (χ0) is 26.7. The van der Waals surface area contributed by atoms with Gasteiger partial charge in [-0.2, -0.15) is 0 Å². The Labute approximate surface area is 213 Å². The van der Waals surface area contributed by atoms with Crippen LogP contribution in [-0.2, 0) is 30.2 Å². The molecule has 2 N–H and O–H groups in total. The smallest absolute Gasteiger partial charge is 0.331 e. The second-order valence-corrected chi connectivity index (χ2v) is 10.3. The number of benzene rings is 3. The fraction of sp³-hybridized carbons (Fsp3) is 0.192. The topological polar surface area (TPSA) is 128 Å². The lowest BCUT2D eigenvalue weighted by molar-refractivity contribution is 0.0951. The van der Waals surface area contributed by atoms with Crippen molar-refractivity contribution < 1.29 is 17.9 Å². The Kier molecular flexibility index (Phi) is 7.16. The third-order valence-electron chi connectivity index (χ3n) is 5.82. The van der Waals surface area contributed by atoms with Gasteiger partial charge in [0.25, 0.3) is 11.5 Å².